The zero-order valence-corrected chi connectivity index (χ0v) is 12.4. The molecule has 0 spiro atoms. The maximum atomic E-state index is 11.4. The van der Waals surface area contributed by atoms with Crippen molar-refractivity contribution in [3.05, 3.63) is 35.4 Å². The highest BCUT2D eigenvalue weighted by Crippen LogP contribution is 2.45. The zero-order chi connectivity index (χ0) is 14.6. The van der Waals surface area contributed by atoms with Crippen molar-refractivity contribution < 1.29 is 4.79 Å². The highest BCUT2D eigenvalue weighted by atomic mass is 16.1. The van der Waals surface area contributed by atoms with Gasteiger partial charge < -0.3 is 11.5 Å². The van der Waals surface area contributed by atoms with Crippen LogP contribution in [0, 0.1) is 12.3 Å². The van der Waals surface area contributed by atoms with Crippen LogP contribution in [-0.2, 0) is 4.79 Å². The lowest BCUT2D eigenvalue weighted by molar-refractivity contribution is -0.121. The first-order valence-corrected chi connectivity index (χ1v) is 7.61. The van der Waals surface area contributed by atoms with Crippen molar-refractivity contribution in [1.82, 2.24) is 0 Å². The molecule has 1 aromatic rings. The maximum absolute atomic E-state index is 11.4. The van der Waals surface area contributed by atoms with E-state index >= 15 is 0 Å². The van der Waals surface area contributed by atoms with Crippen molar-refractivity contribution in [2.75, 3.05) is 0 Å². The van der Waals surface area contributed by atoms with Crippen LogP contribution in [0.2, 0.25) is 0 Å². The number of hydrogen-bond acceptors (Lipinski definition) is 2. The number of hydrogen-bond donors (Lipinski definition) is 2. The second-order valence-corrected chi connectivity index (χ2v) is 6.43. The van der Waals surface area contributed by atoms with Gasteiger partial charge >= 0.3 is 0 Å². The fourth-order valence-corrected chi connectivity index (χ4v) is 3.52. The summed E-state index contributed by atoms with van der Waals surface area (Å²) in [6.45, 7) is 2.07. The molecule has 0 aliphatic heterocycles. The summed E-state index contributed by atoms with van der Waals surface area (Å²) in [4.78, 5) is 11.4. The van der Waals surface area contributed by atoms with E-state index in [0.717, 1.165) is 24.8 Å². The highest BCUT2D eigenvalue weighted by molar-refractivity contribution is 5.74. The largest absolute Gasteiger partial charge is 0.370 e. The lowest BCUT2D eigenvalue weighted by Crippen LogP contribution is -2.33. The molecule has 0 radical (unpaired) electrons. The van der Waals surface area contributed by atoms with E-state index in [-0.39, 0.29) is 17.4 Å². The average Bonchev–Trinajstić information content (AvgIpc) is 2.39. The van der Waals surface area contributed by atoms with Crippen molar-refractivity contribution in [2.45, 2.75) is 57.9 Å². The van der Waals surface area contributed by atoms with Gasteiger partial charge in [0.15, 0.2) is 0 Å². The summed E-state index contributed by atoms with van der Waals surface area (Å²) >= 11 is 0. The van der Waals surface area contributed by atoms with Crippen LogP contribution in [0.15, 0.2) is 24.3 Å². The third-order valence-electron chi connectivity index (χ3n) is 4.62. The lowest BCUT2D eigenvalue weighted by Gasteiger charge is -2.38. The third kappa shape index (κ3) is 3.83. The molecule has 1 aliphatic rings. The van der Waals surface area contributed by atoms with E-state index in [0.29, 0.717) is 6.42 Å². The van der Waals surface area contributed by atoms with E-state index in [9.17, 15) is 4.79 Å². The first-order valence-electron chi connectivity index (χ1n) is 7.61. The molecular weight excluding hydrogens is 248 g/mol. The fourth-order valence-electron chi connectivity index (χ4n) is 3.52. The van der Waals surface area contributed by atoms with E-state index in [2.05, 4.69) is 31.2 Å². The number of aryl methyl sites for hydroxylation is 1. The highest BCUT2D eigenvalue weighted by Gasteiger charge is 2.35. The molecule has 110 valence electrons. The predicted molar refractivity (Wildman–Crippen MR) is 82.1 cm³/mol. The summed E-state index contributed by atoms with van der Waals surface area (Å²) in [7, 11) is 0. The molecule has 0 bridgehead atoms. The van der Waals surface area contributed by atoms with Crippen molar-refractivity contribution in [3.63, 3.8) is 0 Å². The molecule has 1 aliphatic carbocycles. The molecule has 3 heteroatoms. The Bertz CT molecular complexity index is 447. The van der Waals surface area contributed by atoms with E-state index in [1.807, 2.05) is 0 Å². The Kier molecular flexibility index (Phi) is 4.81. The van der Waals surface area contributed by atoms with Gasteiger partial charge in [-0.2, -0.15) is 0 Å². The number of carbonyl (C=O) groups is 1. The van der Waals surface area contributed by atoms with Crippen LogP contribution in [0.25, 0.3) is 0 Å². The molecule has 0 heterocycles. The monoisotopic (exact) mass is 274 g/mol. The van der Waals surface area contributed by atoms with E-state index in [4.69, 9.17) is 11.5 Å². The van der Waals surface area contributed by atoms with Crippen LogP contribution in [0.1, 0.15) is 62.1 Å². The van der Waals surface area contributed by atoms with Crippen LogP contribution in [0.4, 0.5) is 0 Å². The maximum Gasteiger partial charge on any atom is 0.217 e. The van der Waals surface area contributed by atoms with E-state index in [1.54, 1.807) is 0 Å². The van der Waals surface area contributed by atoms with Crippen LogP contribution >= 0.6 is 0 Å². The standard InChI is InChI=1S/C17H26N2O/c1-13-5-7-14(8-6-13)15(18)11-17(12-16(19)20)9-3-2-4-10-17/h5-8,15H,2-4,9-12,18H2,1H3,(H2,19,20). The smallest absolute Gasteiger partial charge is 0.217 e. The molecule has 1 aromatic carbocycles. The Labute approximate surface area is 121 Å². The molecule has 4 N–H and O–H groups in total. The molecule has 20 heavy (non-hydrogen) atoms. The Morgan fingerprint density at radius 1 is 1.20 bits per heavy atom. The molecule has 1 atom stereocenters. The van der Waals surface area contributed by atoms with Crippen molar-refractivity contribution in [1.29, 1.82) is 0 Å². The van der Waals surface area contributed by atoms with Crippen LogP contribution < -0.4 is 11.5 Å². The zero-order valence-electron chi connectivity index (χ0n) is 12.4. The summed E-state index contributed by atoms with van der Waals surface area (Å²) in [5.74, 6) is -0.192. The van der Waals surface area contributed by atoms with Gasteiger partial charge in [-0.3, -0.25) is 4.79 Å². The quantitative estimate of drug-likeness (QED) is 0.865. The molecule has 1 amide bonds. The molecule has 1 unspecified atom stereocenters. The first-order chi connectivity index (χ1) is 9.51. The first kappa shape index (κ1) is 15.0. The third-order valence-corrected chi connectivity index (χ3v) is 4.62. The summed E-state index contributed by atoms with van der Waals surface area (Å²) in [5, 5.41) is 0. The average molecular weight is 274 g/mol. The van der Waals surface area contributed by atoms with Gasteiger partial charge in [0.2, 0.25) is 5.91 Å². The van der Waals surface area contributed by atoms with Gasteiger partial charge in [-0.15, -0.1) is 0 Å². The molecular formula is C17H26N2O. The summed E-state index contributed by atoms with van der Waals surface area (Å²) in [6, 6.07) is 8.38. The fraction of sp³-hybridized carbons (Fsp3) is 0.588. The van der Waals surface area contributed by atoms with Crippen LogP contribution in [0.3, 0.4) is 0 Å². The summed E-state index contributed by atoms with van der Waals surface area (Å²) in [5.41, 5.74) is 14.3. The Morgan fingerprint density at radius 2 is 1.80 bits per heavy atom. The Balaban J connectivity index is 2.10. The van der Waals surface area contributed by atoms with Crippen LogP contribution in [0.5, 0.6) is 0 Å². The minimum atomic E-state index is -0.192. The van der Waals surface area contributed by atoms with Gasteiger partial charge in [-0.1, -0.05) is 49.1 Å². The Hall–Kier alpha value is -1.35. The van der Waals surface area contributed by atoms with Gasteiger partial charge in [0.25, 0.3) is 0 Å². The SMILES string of the molecule is Cc1ccc(C(N)CC2(CC(N)=O)CCCCC2)cc1. The number of rotatable bonds is 5. The topological polar surface area (TPSA) is 69.1 Å². The van der Waals surface area contributed by atoms with Crippen molar-refractivity contribution in [3.8, 4) is 0 Å². The van der Waals surface area contributed by atoms with Gasteiger partial charge in [0.1, 0.15) is 0 Å². The number of benzene rings is 1. The molecule has 0 saturated heterocycles. The number of carbonyl (C=O) groups excluding carboxylic acids is 1. The van der Waals surface area contributed by atoms with Crippen LogP contribution in [-0.4, -0.2) is 5.91 Å². The minimum absolute atomic E-state index is 0.00644. The van der Waals surface area contributed by atoms with Gasteiger partial charge in [0, 0.05) is 12.5 Å². The number of amides is 1. The van der Waals surface area contributed by atoms with E-state index < -0.39 is 0 Å². The summed E-state index contributed by atoms with van der Waals surface area (Å²) < 4.78 is 0. The molecule has 2 rings (SSSR count). The molecule has 1 fully saturated rings. The van der Waals surface area contributed by atoms with Crippen molar-refractivity contribution >= 4 is 5.91 Å². The normalized spacial score (nSPS) is 19.5. The Morgan fingerprint density at radius 3 is 2.35 bits per heavy atom. The van der Waals surface area contributed by atoms with Gasteiger partial charge in [0.05, 0.1) is 0 Å². The lowest BCUT2D eigenvalue weighted by atomic mass is 9.67. The van der Waals surface area contributed by atoms with Gasteiger partial charge in [-0.05, 0) is 37.2 Å². The number of nitrogens with two attached hydrogens (primary N) is 2. The minimum Gasteiger partial charge on any atom is -0.370 e. The van der Waals surface area contributed by atoms with E-state index in [1.165, 1.54) is 24.8 Å². The summed E-state index contributed by atoms with van der Waals surface area (Å²) in [6.07, 6.45) is 7.14. The van der Waals surface area contributed by atoms with Crippen molar-refractivity contribution in [2.24, 2.45) is 16.9 Å². The number of primary amides is 1. The molecule has 1 saturated carbocycles. The molecule has 0 aromatic heterocycles. The second kappa shape index (κ2) is 6.40. The predicted octanol–water partition coefficient (Wildman–Crippen LogP) is 3.21. The second-order valence-electron chi connectivity index (χ2n) is 6.43. The van der Waals surface area contributed by atoms with Gasteiger partial charge in [-0.25, -0.2) is 0 Å². The molecule has 3 nitrogen and oxygen atoms in total.